The number of rotatable bonds is 11. The average Bonchev–Trinajstić information content (AvgIpc) is 4.13. The first kappa shape index (κ1) is 41.6. The molecule has 9 rings (SSSR count). The maximum absolute atomic E-state index is 14.1. The van der Waals surface area contributed by atoms with Crippen molar-refractivity contribution in [3.05, 3.63) is 65.4 Å². The van der Waals surface area contributed by atoms with E-state index in [1.165, 1.54) is 14.2 Å². The molecule has 4 N–H and O–H groups in total. The molecule has 3 aromatic heterocycles. The lowest BCUT2D eigenvalue weighted by Crippen LogP contribution is -2.56. The first-order valence-corrected chi connectivity index (χ1v) is 22.5. The van der Waals surface area contributed by atoms with Gasteiger partial charge in [-0.1, -0.05) is 64.1 Å². The van der Waals surface area contributed by atoms with Crippen molar-refractivity contribution in [3.63, 3.8) is 0 Å². The molecule has 2 saturated carbocycles. The molecule has 0 spiro atoms. The summed E-state index contributed by atoms with van der Waals surface area (Å²) >= 11 is 1.64. The van der Waals surface area contributed by atoms with Gasteiger partial charge in [0.05, 0.1) is 53.2 Å². The van der Waals surface area contributed by atoms with Gasteiger partial charge >= 0.3 is 12.2 Å². The van der Waals surface area contributed by atoms with Crippen molar-refractivity contribution < 1.29 is 28.7 Å². The molecule has 0 radical (unpaired) electrons. The second-order valence-corrected chi connectivity index (χ2v) is 19.5. The lowest BCUT2D eigenvalue weighted by Gasteiger charge is -2.40. The van der Waals surface area contributed by atoms with Crippen molar-refractivity contribution in [2.75, 3.05) is 27.3 Å². The molecule has 2 aromatic carbocycles. The first-order chi connectivity index (χ1) is 29.7. The fourth-order valence-electron chi connectivity index (χ4n) is 10.7. The number of imidazole rings is 2. The molecule has 326 valence electrons. The number of likely N-dealkylation sites (tertiary alicyclic amines) is 2. The number of thiazole rings is 1. The number of carbonyl (C=O) groups excluding carboxylic acids is 4. The zero-order valence-electron chi connectivity index (χ0n) is 36.3. The van der Waals surface area contributed by atoms with Crippen LogP contribution in [0.2, 0.25) is 0 Å². The molecule has 2 aliphatic carbocycles. The van der Waals surface area contributed by atoms with Gasteiger partial charge in [0.25, 0.3) is 0 Å². The van der Waals surface area contributed by atoms with Gasteiger partial charge in [0.1, 0.15) is 34.8 Å². The second kappa shape index (κ2) is 15.9. The SMILES string of the molecule is COC(=O)N[C@H](C(=O)N1C[C@H]2CC[C@@]1(c1ncc(-c3ccc(-c4ccc(-c5cnc([C@@]67CC[C@H](CN6C(=O)[C@@H](NC(=O)OC)C(C)C)C7)[nH]5)c5sc(C)nc45)cc3)[nH]1)C2)C(C)C. The third kappa shape index (κ3) is 6.90. The molecule has 4 bridgehead atoms. The Bertz CT molecular complexity index is 2550. The minimum Gasteiger partial charge on any atom is -0.453 e. The van der Waals surface area contributed by atoms with Gasteiger partial charge in [-0.05, 0) is 80.2 Å². The molecular formula is C46H55N9O6S. The average molecular weight is 862 g/mol. The molecule has 4 aliphatic rings. The van der Waals surface area contributed by atoms with Gasteiger partial charge in [-0.2, -0.15) is 0 Å². The molecule has 4 amide bonds. The Morgan fingerprint density at radius 1 is 0.726 bits per heavy atom. The van der Waals surface area contributed by atoms with E-state index < -0.39 is 35.3 Å². The zero-order valence-corrected chi connectivity index (χ0v) is 37.2. The van der Waals surface area contributed by atoms with Gasteiger partial charge in [-0.3, -0.25) is 9.59 Å². The highest BCUT2D eigenvalue weighted by Gasteiger charge is 2.58. The van der Waals surface area contributed by atoms with Crippen molar-refractivity contribution >= 4 is 45.6 Å². The predicted molar refractivity (Wildman–Crippen MR) is 235 cm³/mol. The quantitative estimate of drug-likeness (QED) is 0.104. The molecule has 5 heterocycles. The van der Waals surface area contributed by atoms with E-state index in [1.807, 2.05) is 56.8 Å². The number of aryl methyl sites for hydroxylation is 1. The van der Waals surface area contributed by atoms with Crippen LogP contribution in [0.3, 0.4) is 0 Å². The Morgan fingerprint density at radius 2 is 1.21 bits per heavy atom. The fourth-order valence-corrected chi connectivity index (χ4v) is 11.7. The van der Waals surface area contributed by atoms with Crippen LogP contribution in [-0.2, 0) is 30.1 Å². The van der Waals surface area contributed by atoms with Crippen LogP contribution in [0.1, 0.15) is 82.9 Å². The summed E-state index contributed by atoms with van der Waals surface area (Å²) in [5.41, 5.74) is 5.54. The number of ether oxygens (including phenoxy) is 2. The van der Waals surface area contributed by atoms with Gasteiger partial charge in [0.15, 0.2) is 0 Å². The number of nitrogens with zero attached hydrogens (tertiary/aromatic N) is 5. The van der Waals surface area contributed by atoms with E-state index in [0.29, 0.717) is 24.9 Å². The largest absolute Gasteiger partial charge is 0.453 e. The highest BCUT2D eigenvalue weighted by Crippen LogP contribution is 2.54. The second-order valence-electron chi connectivity index (χ2n) is 18.3. The summed E-state index contributed by atoms with van der Waals surface area (Å²) in [5.74, 6) is 1.85. The topological polar surface area (TPSA) is 188 Å². The van der Waals surface area contributed by atoms with Gasteiger partial charge in [0, 0.05) is 24.2 Å². The number of H-pyrrole nitrogens is 2. The maximum atomic E-state index is 14.1. The fraction of sp³-hybridized carbons (Fsp3) is 0.500. The molecular weight excluding hydrogens is 807 g/mol. The number of alkyl carbamates (subject to hydrolysis) is 2. The number of amides is 4. The van der Waals surface area contributed by atoms with E-state index in [1.54, 1.807) is 11.3 Å². The van der Waals surface area contributed by atoms with Crippen LogP contribution < -0.4 is 10.6 Å². The smallest absolute Gasteiger partial charge is 0.407 e. The van der Waals surface area contributed by atoms with Crippen LogP contribution >= 0.6 is 11.3 Å². The molecule has 15 nitrogen and oxygen atoms in total. The number of aromatic nitrogens is 5. The van der Waals surface area contributed by atoms with Crippen LogP contribution in [0.15, 0.2) is 48.8 Å². The van der Waals surface area contributed by atoms with E-state index in [4.69, 9.17) is 24.4 Å². The Kier molecular flexibility index (Phi) is 10.6. The summed E-state index contributed by atoms with van der Waals surface area (Å²) in [4.78, 5) is 78.5. The van der Waals surface area contributed by atoms with Crippen molar-refractivity contribution in [2.45, 2.75) is 96.3 Å². The van der Waals surface area contributed by atoms with E-state index >= 15 is 0 Å². The molecule has 2 aliphatic heterocycles. The third-order valence-corrected chi connectivity index (χ3v) is 14.9. The van der Waals surface area contributed by atoms with Crippen molar-refractivity contribution in [1.29, 1.82) is 0 Å². The van der Waals surface area contributed by atoms with E-state index in [2.05, 4.69) is 57.0 Å². The van der Waals surface area contributed by atoms with Crippen molar-refractivity contribution in [3.8, 4) is 33.6 Å². The van der Waals surface area contributed by atoms with Crippen LogP contribution in [0.5, 0.6) is 0 Å². The van der Waals surface area contributed by atoms with Gasteiger partial charge in [-0.25, -0.2) is 24.5 Å². The molecule has 62 heavy (non-hydrogen) atoms. The first-order valence-electron chi connectivity index (χ1n) is 21.7. The van der Waals surface area contributed by atoms with Crippen LogP contribution in [0.25, 0.3) is 43.9 Å². The van der Waals surface area contributed by atoms with Gasteiger partial charge in [0.2, 0.25) is 11.8 Å². The number of methoxy groups -OCH3 is 2. The minimum absolute atomic E-state index is 0.109. The number of hydrogen-bond donors (Lipinski definition) is 4. The third-order valence-electron chi connectivity index (χ3n) is 13.9. The van der Waals surface area contributed by atoms with Crippen LogP contribution in [0, 0.1) is 30.6 Å². The Hall–Kier alpha value is -5.77. The Morgan fingerprint density at radius 3 is 1.71 bits per heavy atom. The number of nitrogens with one attached hydrogen (secondary N) is 4. The standard InChI is InChI=1S/C46H55N9O6S/c1-24(2)35(52-43(58)60-6)39(56)54-22-27-14-16-45(54,18-27)41-47-20-33(50-41)30-10-8-29(9-11-30)31-12-13-32(38-37(31)49-26(5)62-38)34-21-48-42(51-34)46-17-15-28(19-46)23-55(46)40(57)36(25(3)4)53-44(59)61-7/h8-13,20-21,24-25,27-28,35-36H,14-19,22-23H2,1-7H3,(H,47,50)(H,48,51)(H,52,58)(H,53,59)/t27-,28-,35-,36-,45-,46-/m0/s1. The highest BCUT2D eigenvalue weighted by atomic mass is 32.1. The van der Waals surface area contributed by atoms with Crippen molar-refractivity contribution in [2.24, 2.45) is 23.7 Å². The van der Waals surface area contributed by atoms with E-state index in [9.17, 15) is 19.2 Å². The highest BCUT2D eigenvalue weighted by molar-refractivity contribution is 7.19. The number of piperidine rings is 2. The molecule has 4 fully saturated rings. The summed E-state index contributed by atoms with van der Waals surface area (Å²) in [5, 5.41) is 6.48. The molecule has 6 atom stereocenters. The predicted octanol–water partition coefficient (Wildman–Crippen LogP) is 7.49. The monoisotopic (exact) mass is 861 g/mol. The number of hydrogen-bond acceptors (Lipinski definition) is 10. The Labute approximate surface area is 364 Å². The minimum atomic E-state index is -0.705. The van der Waals surface area contributed by atoms with E-state index in [-0.39, 0.29) is 23.7 Å². The van der Waals surface area contributed by atoms with Crippen molar-refractivity contribution in [1.82, 2.24) is 45.4 Å². The van der Waals surface area contributed by atoms with Crippen LogP contribution in [0.4, 0.5) is 9.59 Å². The summed E-state index contributed by atoms with van der Waals surface area (Å²) in [6.07, 6.45) is 7.80. The zero-order chi connectivity index (χ0) is 43.7. The van der Waals surface area contributed by atoms with Gasteiger partial charge in [-0.15, -0.1) is 11.3 Å². The molecule has 0 unspecified atom stereocenters. The summed E-state index contributed by atoms with van der Waals surface area (Å²) in [6.45, 7) is 11.0. The van der Waals surface area contributed by atoms with Gasteiger partial charge < -0.3 is 39.9 Å². The lowest BCUT2D eigenvalue weighted by molar-refractivity contribution is -0.141. The summed E-state index contributed by atoms with van der Waals surface area (Å²) < 4.78 is 10.7. The number of benzene rings is 2. The molecule has 5 aromatic rings. The lowest BCUT2D eigenvalue weighted by atomic mass is 9.93. The van der Waals surface area contributed by atoms with Crippen LogP contribution in [-0.4, -0.2) is 98.1 Å². The summed E-state index contributed by atoms with van der Waals surface area (Å²) in [7, 11) is 2.61. The molecule has 2 saturated heterocycles. The number of aromatic amines is 2. The Balaban J connectivity index is 0.965. The maximum Gasteiger partial charge on any atom is 0.407 e. The van der Waals surface area contributed by atoms with E-state index in [0.717, 1.165) is 99.0 Å². The summed E-state index contributed by atoms with van der Waals surface area (Å²) in [6, 6.07) is 11.2. The normalized spacial score (nSPS) is 23.7. The number of carbonyl (C=O) groups is 4. The molecule has 16 heteroatoms. The number of fused-ring (bicyclic) bond motifs is 5.